The molecule has 7 nitrogen and oxygen atoms in total. The summed E-state index contributed by atoms with van der Waals surface area (Å²) in [5.74, 6) is 0.662. The highest BCUT2D eigenvalue weighted by Crippen LogP contribution is 2.25. The summed E-state index contributed by atoms with van der Waals surface area (Å²) in [5, 5.41) is 14.2. The van der Waals surface area contributed by atoms with Gasteiger partial charge in [-0.3, -0.25) is 10.1 Å². The third-order valence-electron chi connectivity index (χ3n) is 2.95. The molecule has 0 aromatic carbocycles. The van der Waals surface area contributed by atoms with Crippen LogP contribution in [-0.2, 0) is 12.3 Å². The van der Waals surface area contributed by atoms with Crippen LogP contribution in [0.4, 0.5) is 0 Å². The highest BCUT2D eigenvalue weighted by atomic mass is 32.2. The molecule has 23 heavy (non-hydrogen) atoms. The van der Waals surface area contributed by atoms with Crippen molar-refractivity contribution in [3.8, 4) is 0 Å². The summed E-state index contributed by atoms with van der Waals surface area (Å²) < 4.78 is 0. The molecule has 1 atom stereocenters. The molecule has 4 N–H and O–H groups in total. The van der Waals surface area contributed by atoms with Gasteiger partial charge in [-0.1, -0.05) is 6.08 Å². The quantitative estimate of drug-likeness (QED) is 0.374. The SMILES string of the molecule is C=CCC(CSCc1csc(CN(C)C)n1)C(=C(N)N)[N+](=O)[O-]. The van der Waals surface area contributed by atoms with Gasteiger partial charge in [0, 0.05) is 23.4 Å². The van der Waals surface area contributed by atoms with E-state index in [9.17, 15) is 10.1 Å². The summed E-state index contributed by atoms with van der Waals surface area (Å²) in [6.45, 7) is 4.46. The molecular weight excluding hydrogens is 334 g/mol. The van der Waals surface area contributed by atoms with Crippen LogP contribution in [0.15, 0.2) is 29.6 Å². The minimum absolute atomic E-state index is 0.121. The first kappa shape index (κ1) is 19.5. The van der Waals surface area contributed by atoms with Crippen molar-refractivity contribution < 1.29 is 4.92 Å². The third kappa shape index (κ3) is 6.59. The average molecular weight is 358 g/mol. The second-order valence-electron chi connectivity index (χ2n) is 5.30. The monoisotopic (exact) mass is 357 g/mol. The van der Waals surface area contributed by atoms with E-state index in [2.05, 4.69) is 16.5 Å². The Balaban J connectivity index is 2.62. The minimum Gasteiger partial charge on any atom is -0.380 e. The van der Waals surface area contributed by atoms with Crippen LogP contribution < -0.4 is 11.5 Å². The van der Waals surface area contributed by atoms with E-state index in [4.69, 9.17) is 11.5 Å². The van der Waals surface area contributed by atoms with E-state index in [1.54, 1.807) is 29.2 Å². The fourth-order valence-electron chi connectivity index (χ4n) is 2.01. The zero-order valence-corrected chi connectivity index (χ0v) is 15.0. The molecule has 1 heterocycles. The van der Waals surface area contributed by atoms with Crippen LogP contribution in [0.2, 0.25) is 0 Å². The van der Waals surface area contributed by atoms with Crippen LogP contribution in [0.5, 0.6) is 0 Å². The molecule has 0 aliphatic carbocycles. The van der Waals surface area contributed by atoms with Crippen molar-refractivity contribution in [1.29, 1.82) is 0 Å². The summed E-state index contributed by atoms with van der Waals surface area (Å²) in [6.07, 6.45) is 2.11. The van der Waals surface area contributed by atoms with Gasteiger partial charge in [0.15, 0.2) is 5.82 Å². The van der Waals surface area contributed by atoms with Crippen molar-refractivity contribution in [2.75, 3.05) is 19.8 Å². The number of rotatable bonds is 10. The van der Waals surface area contributed by atoms with Crippen LogP contribution in [0, 0.1) is 16.0 Å². The Morgan fingerprint density at radius 3 is 2.83 bits per heavy atom. The Labute approximate surface area is 144 Å². The fraction of sp³-hybridized carbons (Fsp3) is 0.500. The van der Waals surface area contributed by atoms with Crippen LogP contribution in [0.1, 0.15) is 17.1 Å². The molecule has 1 rings (SSSR count). The molecule has 1 unspecified atom stereocenters. The van der Waals surface area contributed by atoms with Gasteiger partial charge in [0.2, 0.25) is 0 Å². The lowest BCUT2D eigenvalue weighted by molar-refractivity contribution is -0.434. The van der Waals surface area contributed by atoms with Crippen molar-refractivity contribution in [3.63, 3.8) is 0 Å². The predicted molar refractivity (Wildman–Crippen MR) is 96.4 cm³/mol. The van der Waals surface area contributed by atoms with E-state index in [0.717, 1.165) is 17.2 Å². The molecule has 0 bridgehead atoms. The van der Waals surface area contributed by atoms with Gasteiger partial charge in [-0.25, -0.2) is 4.98 Å². The van der Waals surface area contributed by atoms with Gasteiger partial charge in [0.05, 0.1) is 16.5 Å². The van der Waals surface area contributed by atoms with Crippen molar-refractivity contribution >= 4 is 23.1 Å². The van der Waals surface area contributed by atoms with Gasteiger partial charge in [-0.05, 0) is 20.5 Å². The lowest BCUT2D eigenvalue weighted by Gasteiger charge is -2.12. The summed E-state index contributed by atoms with van der Waals surface area (Å²) in [4.78, 5) is 17.2. The molecule has 0 amide bonds. The first-order valence-corrected chi connectivity index (χ1v) is 9.04. The van der Waals surface area contributed by atoms with Gasteiger partial charge in [0.25, 0.3) is 5.70 Å². The third-order valence-corrected chi connectivity index (χ3v) is 4.97. The number of thiazole rings is 1. The molecule has 0 saturated heterocycles. The molecule has 0 saturated carbocycles. The van der Waals surface area contributed by atoms with Crippen molar-refractivity contribution in [3.05, 3.63) is 50.4 Å². The Morgan fingerprint density at radius 1 is 1.61 bits per heavy atom. The largest absolute Gasteiger partial charge is 0.380 e. The molecule has 0 radical (unpaired) electrons. The zero-order chi connectivity index (χ0) is 17.4. The van der Waals surface area contributed by atoms with E-state index in [1.165, 1.54) is 0 Å². The normalized spacial score (nSPS) is 12.1. The molecule has 0 fully saturated rings. The Bertz CT molecular complexity index is 567. The molecule has 128 valence electrons. The van der Waals surface area contributed by atoms with E-state index in [1.807, 2.05) is 19.5 Å². The second kappa shape index (κ2) is 9.53. The average Bonchev–Trinajstić information content (AvgIpc) is 2.84. The van der Waals surface area contributed by atoms with E-state index >= 15 is 0 Å². The number of nitrogens with two attached hydrogens (primary N) is 2. The van der Waals surface area contributed by atoms with Crippen molar-refractivity contribution in [2.45, 2.75) is 18.7 Å². The number of nitrogens with zero attached hydrogens (tertiary/aromatic N) is 3. The Morgan fingerprint density at radius 2 is 2.30 bits per heavy atom. The molecule has 1 aromatic rings. The van der Waals surface area contributed by atoms with E-state index < -0.39 is 4.92 Å². The van der Waals surface area contributed by atoms with Gasteiger partial charge in [-0.2, -0.15) is 11.8 Å². The van der Waals surface area contributed by atoms with Crippen LogP contribution in [0.25, 0.3) is 0 Å². The first-order valence-electron chi connectivity index (χ1n) is 7.01. The molecule has 0 aliphatic rings. The fourth-order valence-corrected chi connectivity index (χ4v) is 4.08. The van der Waals surface area contributed by atoms with Gasteiger partial charge in [-0.15, -0.1) is 17.9 Å². The number of aromatic nitrogens is 1. The van der Waals surface area contributed by atoms with Gasteiger partial charge >= 0.3 is 0 Å². The lowest BCUT2D eigenvalue weighted by atomic mass is 10.0. The molecule has 9 heteroatoms. The van der Waals surface area contributed by atoms with Crippen LogP contribution >= 0.6 is 23.1 Å². The molecule has 1 aromatic heterocycles. The molecule has 0 spiro atoms. The highest BCUT2D eigenvalue weighted by Gasteiger charge is 2.26. The first-order chi connectivity index (χ1) is 10.8. The maximum absolute atomic E-state index is 11.1. The zero-order valence-electron chi connectivity index (χ0n) is 13.4. The Hall–Kier alpha value is -1.58. The smallest absolute Gasteiger partial charge is 0.289 e. The number of thioether (sulfide) groups is 1. The van der Waals surface area contributed by atoms with E-state index in [-0.39, 0.29) is 17.4 Å². The second-order valence-corrected chi connectivity index (χ2v) is 7.28. The van der Waals surface area contributed by atoms with Crippen LogP contribution in [0.3, 0.4) is 0 Å². The molecular formula is C14H23N5O2S2. The minimum atomic E-state index is -0.498. The highest BCUT2D eigenvalue weighted by molar-refractivity contribution is 7.98. The standard InChI is InChI=1S/C14H23N5O2S2/c1-4-5-10(13(14(15)16)19(20)21)7-22-8-11-9-23-12(17-11)6-18(2)3/h4,9-10H,1,5-8,15-16H2,2-3H3. The van der Waals surface area contributed by atoms with Crippen LogP contribution in [-0.4, -0.2) is 34.7 Å². The van der Waals surface area contributed by atoms with Crippen molar-refractivity contribution in [1.82, 2.24) is 9.88 Å². The number of allylic oxidation sites excluding steroid dienone is 2. The topological polar surface area (TPSA) is 111 Å². The van der Waals surface area contributed by atoms with Gasteiger partial charge in [0.1, 0.15) is 5.01 Å². The number of nitro groups is 1. The lowest BCUT2D eigenvalue weighted by Crippen LogP contribution is -2.24. The Kier molecular flexibility index (Phi) is 8.07. The maximum atomic E-state index is 11.1. The maximum Gasteiger partial charge on any atom is 0.289 e. The summed E-state index contributed by atoms with van der Waals surface area (Å²) in [6, 6.07) is 0. The molecule has 0 aliphatic heterocycles. The summed E-state index contributed by atoms with van der Waals surface area (Å²) >= 11 is 3.21. The predicted octanol–water partition coefficient (Wildman–Crippen LogP) is 1.99. The number of hydrogen-bond acceptors (Lipinski definition) is 8. The summed E-state index contributed by atoms with van der Waals surface area (Å²) in [7, 11) is 4.00. The van der Waals surface area contributed by atoms with Crippen molar-refractivity contribution in [2.24, 2.45) is 17.4 Å². The number of hydrogen-bond donors (Lipinski definition) is 2. The van der Waals surface area contributed by atoms with Gasteiger partial charge < -0.3 is 16.4 Å². The van der Waals surface area contributed by atoms with E-state index in [0.29, 0.717) is 17.9 Å². The summed E-state index contributed by atoms with van der Waals surface area (Å²) in [5.41, 5.74) is 11.8.